The number of rotatable bonds is 3. The lowest BCUT2D eigenvalue weighted by Gasteiger charge is -2.15. The van der Waals surface area contributed by atoms with Gasteiger partial charge in [-0.25, -0.2) is 4.68 Å². The van der Waals surface area contributed by atoms with E-state index < -0.39 is 0 Å². The molecule has 0 atom stereocenters. The summed E-state index contributed by atoms with van der Waals surface area (Å²) in [5.74, 6) is 0. The van der Waals surface area contributed by atoms with Gasteiger partial charge in [0, 0.05) is 6.20 Å². The third-order valence-electron chi connectivity index (χ3n) is 2.48. The van der Waals surface area contributed by atoms with E-state index in [0.29, 0.717) is 0 Å². The van der Waals surface area contributed by atoms with Crippen molar-refractivity contribution in [2.24, 2.45) is 5.41 Å². The molecule has 0 N–H and O–H groups in total. The van der Waals surface area contributed by atoms with Gasteiger partial charge in [0.2, 0.25) is 0 Å². The molecule has 90 valence electrons. The second-order valence-corrected chi connectivity index (χ2v) is 5.63. The minimum Gasteiger partial charge on any atom is -0.248 e. The molecule has 1 aromatic heterocycles. The van der Waals surface area contributed by atoms with Gasteiger partial charge < -0.3 is 0 Å². The molecule has 0 aliphatic heterocycles. The van der Waals surface area contributed by atoms with E-state index in [4.69, 9.17) is 0 Å². The van der Waals surface area contributed by atoms with Crippen molar-refractivity contribution in [3.8, 4) is 0 Å². The van der Waals surface area contributed by atoms with Crippen molar-refractivity contribution in [1.29, 1.82) is 0 Å². The van der Waals surface area contributed by atoms with E-state index >= 15 is 0 Å². The predicted molar refractivity (Wildman–Crippen MR) is 68.7 cm³/mol. The van der Waals surface area contributed by atoms with Gasteiger partial charge in [0.05, 0.1) is 12.2 Å². The summed E-state index contributed by atoms with van der Waals surface area (Å²) in [7, 11) is 0. The van der Waals surface area contributed by atoms with E-state index in [0.717, 1.165) is 18.7 Å². The van der Waals surface area contributed by atoms with Crippen molar-refractivity contribution < 1.29 is 0 Å². The molecule has 2 rings (SSSR count). The molecular formula is C14H19N3. The summed E-state index contributed by atoms with van der Waals surface area (Å²) in [6.07, 6.45) is 3.00. The number of aromatic nitrogens is 3. The lowest BCUT2D eigenvalue weighted by atomic mass is 9.91. The first-order chi connectivity index (χ1) is 8.03. The zero-order valence-electron chi connectivity index (χ0n) is 10.7. The second-order valence-electron chi connectivity index (χ2n) is 5.63. The third-order valence-corrected chi connectivity index (χ3v) is 2.48. The predicted octanol–water partition coefficient (Wildman–Crippen LogP) is 2.92. The Labute approximate surface area is 102 Å². The smallest absolute Gasteiger partial charge is 0.0832 e. The Morgan fingerprint density at radius 1 is 1.12 bits per heavy atom. The van der Waals surface area contributed by atoms with Crippen molar-refractivity contribution in [1.82, 2.24) is 15.0 Å². The summed E-state index contributed by atoms with van der Waals surface area (Å²) in [4.78, 5) is 0. The largest absolute Gasteiger partial charge is 0.248 e. The fraction of sp³-hybridized carbons (Fsp3) is 0.429. The Morgan fingerprint density at radius 2 is 1.82 bits per heavy atom. The summed E-state index contributed by atoms with van der Waals surface area (Å²) >= 11 is 0. The molecule has 0 saturated heterocycles. The molecule has 0 spiro atoms. The van der Waals surface area contributed by atoms with Gasteiger partial charge >= 0.3 is 0 Å². The van der Waals surface area contributed by atoms with E-state index in [-0.39, 0.29) is 5.41 Å². The van der Waals surface area contributed by atoms with Crippen LogP contribution in [0.5, 0.6) is 0 Å². The first-order valence-electron chi connectivity index (χ1n) is 5.96. The SMILES string of the molecule is CC(C)(C)Cc1cn(Cc2ccccc2)nn1. The minimum absolute atomic E-state index is 0.258. The first kappa shape index (κ1) is 11.8. The quantitative estimate of drug-likeness (QED) is 0.810. The average molecular weight is 229 g/mol. The maximum Gasteiger partial charge on any atom is 0.0832 e. The van der Waals surface area contributed by atoms with Crippen LogP contribution in [0.15, 0.2) is 36.5 Å². The summed E-state index contributed by atoms with van der Waals surface area (Å²) in [6.45, 7) is 7.42. The Bertz CT molecular complexity index is 466. The first-order valence-corrected chi connectivity index (χ1v) is 5.96. The highest BCUT2D eigenvalue weighted by molar-refractivity contribution is 5.14. The fourth-order valence-electron chi connectivity index (χ4n) is 1.81. The molecule has 2 aromatic rings. The normalized spacial score (nSPS) is 11.7. The fourth-order valence-corrected chi connectivity index (χ4v) is 1.81. The van der Waals surface area contributed by atoms with Crippen LogP contribution in [0.2, 0.25) is 0 Å². The Hall–Kier alpha value is -1.64. The van der Waals surface area contributed by atoms with Crippen LogP contribution >= 0.6 is 0 Å². The Morgan fingerprint density at radius 3 is 2.47 bits per heavy atom. The van der Waals surface area contributed by atoms with Crippen molar-refractivity contribution in [2.75, 3.05) is 0 Å². The van der Waals surface area contributed by atoms with E-state index in [2.05, 4.69) is 43.2 Å². The van der Waals surface area contributed by atoms with Crippen molar-refractivity contribution in [2.45, 2.75) is 33.7 Å². The molecule has 3 nitrogen and oxygen atoms in total. The van der Waals surface area contributed by atoms with Gasteiger partial charge in [0.1, 0.15) is 0 Å². The molecule has 1 aromatic carbocycles. The number of hydrogen-bond acceptors (Lipinski definition) is 2. The average Bonchev–Trinajstić information content (AvgIpc) is 2.64. The van der Waals surface area contributed by atoms with Crippen molar-refractivity contribution >= 4 is 0 Å². The maximum atomic E-state index is 4.21. The van der Waals surface area contributed by atoms with Gasteiger partial charge in [-0.3, -0.25) is 0 Å². The zero-order chi connectivity index (χ0) is 12.3. The molecule has 0 unspecified atom stereocenters. The lowest BCUT2D eigenvalue weighted by molar-refractivity contribution is 0.406. The number of hydrogen-bond donors (Lipinski definition) is 0. The highest BCUT2D eigenvalue weighted by Crippen LogP contribution is 2.18. The molecule has 17 heavy (non-hydrogen) atoms. The van der Waals surface area contributed by atoms with E-state index in [1.165, 1.54) is 5.56 Å². The molecule has 0 amide bonds. The van der Waals surface area contributed by atoms with Crippen molar-refractivity contribution in [3.63, 3.8) is 0 Å². The van der Waals surface area contributed by atoms with Gasteiger partial charge in [-0.15, -0.1) is 5.10 Å². The molecule has 1 heterocycles. The van der Waals surface area contributed by atoms with Crippen LogP contribution in [0, 0.1) is 5.41 Å². The Kier molecular flexibility index (Phi) is 3.27. The van der Waals surface area contributed by atoms with Gasteiger partial charge in [-0.2, -0.15) is 0 Å². The van der Waals surface area contributed by atoms with Crippen LogP contribution in [0.25, 0.3) is 0 Å². The molecule has 3 heteroatoms. The molecule has 0 fully saturated rings. The summed E-state index contributed by atoms with van der Waals surface area (Å²) in [6, 6.07) is 10.3. The van der Waals surface area contributed by atoms with Crippen LogP contribution in [0.4, 0.5) is 0 Å². The minimum atomic E-state index is 0.258. The molecule has 0 saturated carbocycles. The van der Waals surface area contributed by atoms with Crippen LogP contribution in [-0.2, 0) is 13.0 Å². The van der Waals surface area contributed by atoms with Crippen LogP contribution in [0.3, 0.4) is 0 Å². The van der Waals surface area contributed by atoms with Gasteiger partial charge in [-0.1, -0.05) is 56.3 Å². The van der Waals surface area contributed by atoms with Crippen molar-refractivity contribution in [3.05, 3.63) is 47.8 Å². The number of nitrogens with zero attached hydrogens (tertiary/aromatic N) is 3. The highest BCUT2D eigenvalue weighted by atomic mass is 15.4. The molecule has 0 aliphatic rings. The summed E-state index contributed by atoms with van der Waals surface area (Å²) < 4.78 is 1.90. The lowest BCUT2D eigenvalue weighted by Crippen LogP contribution is -2.09. The second kappa shape index (κ2) is 4.70. The van der Waals surface area contributed by atoms with E-state index in [9.17, 15) is 0 Å². The standard InChI is InChI=1S/C14H19N3/c1-14(2,3)9-13-11-17(16-15-13)10-12-7-5-4-6-8-12/h4-8,11H,9-10H2,1-3H3. The van der Waals surface area contributed by atoms with E-state index in [1.807, 2.05) is 29.1 Å². The Balaban J connectivity index is 2.04. The molecule has 0 bridgehead atoms. The third kappa shape index (κ3) is 3.70. The topological polar surface area (TPSA) is 30.7 Å². The molecular weight excluding hydrogens is 210 g/mol. The van der Waals surface area contributed by atoms with Gasteiger partial charge in [0.25, 0.3) is 0 Å². The highest BCUT2D eigenvalue weighted by Gasteiger charge is 2.13. The van der Waals surface area contributed by atoms with Crippen LogP contribution in [0.1, 0.15) is 32.0 Å². The van der Waals surface area contributed by atoms with E-state index in [1.54, 1.807) is 0 Å². The molecule has 0 aliphatic carbocycles. The van der Waals surface area contributed by atoms with Crippen LogP contribution < -0.4 is 0 Å². The van der Waals surface area contributed by atoms with Gasteiger partial charge in [-0.05, 0) is 17.4 Å². The zero-order valence-corrected chi connectivity index (χ0v) is 10.7. The maximum absolute atomic E-state index is 4.21. The number of benzene rings is 1. The van der Waals surface area contributed by atoms with Crippen LogP contribution in [-0.4, -0.2) is 15.0 Å². The summed E-state index contributed by atoms with van der Waals surface area (Å²) in [5.41, 5.74) is 2.57. The summed E-state index contributed by atoms with van der Waals surface area (Å²) in [5, 5.41) is 8.37. The monoisotopic (exact) mass is 229 g/mol. The van der Waals surface area contributed by atoms with Gasteiger partial charge in [0.15, 0.2) is 0 Å². The molecule has 0 radical (unpaired) electrons.